The predicted octanol–water partition coefficient (Wildman–Crippen LogP) is 24.9. The third-order valence-electron chi connectivity index (χ3n) is 16.5. The molecule has 0 aromatic heterocycles. The van der Waals surface area contributed by atoms with Crippen LogP contribution in [0.4, 0.5) is 0 Å². The van der Waals surface area contributed by atoms with Crippen LogP contribution in [0.2, 0.25) is 0 Å². The van der Waals surface area contributed by atoms with E-state index in [9.17, 15) is 43.2 Å². The van der Waals surface area contributed by atoms with Crippen LogP contribution in [-0.4, -0.2) is 96.7 Å². The van der Waals surface area contributed by atoms with Crippen LogP contribution in [0.1, 0.15) is 297 Å². The molecule has 0 aromatic carbocycles. The van der Waals surface area contributed by atoms with Gasteiger partial charge in [0.05, 0.1) is 26.4 Å². The lowest BCUT2D eigenvalue weighted by Gasteiger charge is -2.21. The fraction of sp³-hybridized carbons (Fsp3) is 0.604. The van der Waals surface area contributed by atoms with E-state index in [-0.39, 0.29) is 25.7 Å². The molecule has 0 aliphatic carbocycles. The standard InChI is InChI=1S/C91H146O17P2/c1-5-9-13-17-21-25-29-33-37-40-42-45-48-52-56-60-64-68-72-76-89(94)102-82-87(107-90(95)77-73-69-65-61-57-53-49-44-39-35-31-27-23-19-15-11-7-3)84-106-110(99,100)104-80-85(92)79-103-109(97,98)105-83-86(81-101-88(93)75-71-67-63-59-55-51-47-36-32-28-24-20-16-12-8-4)108-91(96)78-74-70-66-62-58-54-50-46-43-41-38-34-30-26-22-18-14-10-6-2/h21-28,33-39,42-43,45-47,49,52-54,56,58,61,64-66,68,70,85-87,92H,5-20,29-32,40-41,44,48,50-51,55,57,59-60,62-63,67,69,71-84H2,1-4H3,(H,97,98)(H,99,100)/b25-21-,26-22-,27-23-,28-24-,37-33-,38-34-,39-35-,45-42-,46-43-,47-36-,53-49-,56-52-,58-54-,65-61-,68-64-,70-66-/t85-,86+,87+/m0/s1. The first-order valence-corrected chi connectivity index (χ1v) is 44.7. The van der Waals surface area contributed by atoms with Crippen LogP contribution in [-0.2, 0) is 65.4 Å². The maximum atomic E-state index is 13.1. The lowest BCUT2D eigenvalue weighted by Crippen LogP contribution is -2.30. The highest BCUT2D eigenvalue weighted by atomic mass is 31.2. The average Bonchev–Trinajstić information content (AvgIpc) is 0.906. The van der Waals surface area contributed by atoms with Crippen LogP contribution in [0.15, 0.2) is 194 Å². The molecule has 3 N–H and O–H groups in total. The van der Waals surface area contributed by atoms with Crippen LogP contribution < -0.4 is 0 Å². The minimum Gasteiger partial charge on any atom is -0.462 e. The highest BCUT2D eigenvalue weighted by Gasteiger charge is 2.30. The third-order valence-corrected chi connectivity index (χ3v) is 18.4. The van der Waals surface area contributed by atoms with Gasteiger partial charge < -0.3 is 33.8 Å². The number of aliphatic hydroxyl groups is 1. The van der Waals surface area contributed by atoms with E-state index in [1.54, 1.807) is 0 Å². The molecule has 0 radical (unpaired) electrons. The number of unbranched alkanes of at least 4 members (excludes halogenated alkanes) is 18. The van der Waals surface area contributed by atoms with Crippen LogP contribution in [0.3, 0.4) is 0 Å². The van der Waals surface area contributed by atoms with Crippen molar-refractivity contribution in [2.24, 2.45) is 0 Å². The van der Waals surface area contributed by atoms with Crippen molar-refractivity contribution in [2.45, 2.75) is 316 Å². The lowest BCUT2D eigenvalue weighted by atomic mass is 10.1. The molecule has 622 valence electrons. The van der Waals surface area contributed by atoms with Gasteiger partial charge in [0.1, 0.15) is 19.3 Å². The Kier molecular flexibility index (Phi) is 76.4. The third kappa shape index (κ3) is 80.0. The first-order chi connectivity index (χ1) is 53.7. The van der Waals surface area contributed by atoms with E-state index < -0.39 is 97.5 Å². The molecular weight excluding hydrogens is 1430 g/mol. The van der Waals surface area contributed by atoms with Crippen LogP contribution in [0.5, 0.6) is 0 Å². The SMILES string of the molecule is CCCCC/C=C\C/C=C\C/C=C\C/C=C\C/C=C\CCC(=O)OC[C@H](COP(=O)(O)OC[C@@H](O)COP(=O)(O)OC[C@@H](COC(=O)CCCCCCC/C=C\C/C=C\CCCCC)OC(=O)CC/C=C\C/C=C\C/C=C\C/C=C\C/C=C\CCCCC)OC(=O)CCC/C=C\C/C=C\C/C=C\C/C=C\CCCCC. The van der Waals surface area contributed by atoms with Gasteiger partial charge in [-0.1, -0.05) is 293 Å². The largest absolute Gasteiger partial charge is 0.472 e. The highest BCUT2D eigenvalue weighted by Crippen LogP contribution is 2.45. The van der Waals surface area contributed by atoms with Gasteiger partial charge in [0.2, 0.25) is 0 Å². The molecule has 5 atom stereocenters. The normalized spacial score (nSPS) is 14.8. The molecule has 0 saturated carbocycles. The molecule has 0 spiro atoms. The Labute approximate surface area is 666 Å². The summed E-state index contributed by atoms with van der Waals surface area (Å²) in [5, 5.41) is 10.7. The summed E-state index contributed by atoms with van der Waals surface area (Å²) in [4.78, 5) is 73.1. The fourth-order valence-electron chi connectivity index (χ4n) is 10.1. The van der Waals surface area contributed by atoms with Gasteiger partial charge >= 0.3 is 39.5 Å². The zero-order valence-electron chi connectivity index (χ0n) is 68.1. The van der Waals surface area contributed by atoms with E-state index in [0.29, 0.717) is 44.9 Å². The van der Waals surface area contributed by atoms with Crippen molar-refractivity contribution < 1.29 is 80.2 Å². The minimum atomic E-state index is -5.03. The van der Waals surface area contributed by atoms with E-state index in [0.717, 1.165) is 122 Å². The minimum absolute atomic E-state index is 0.00640. The second-order valence-electron chi connectivity index (χ2n) is 27.0. The van der Waals surface area contributed by atoms with Gasteiger partial charge in [-0.25, -0.2) is 9.13 Å². The Balaban J connectivity index is 5.59. The second-order valence-corrected chi connectivity index (χ2v) is 29.9. The molecule has 0 saturated heterocycles. The molecule has 0 amide bonds. The molecule has 0 bridgehead atoms. The molecular formula is C91H146O17P2. The predicted molar refractivity (Wildman–Crippen MR) is 454 cm³/mol. The van der Waals surface area contributed by atoms with Gasteiger partial charge in [-0.3, -0.25) is 37.3 Å². The van der Waals surface area contributed by atoms with E-state index in [1.807, 2.05) is 48.6 Å². The smallest absolute Gasteiger partial charge is 0.462 e. The molecule has 110 heavy (non-hydrogen) atoms. The number of rotatable bonds is 76. The van der Waals surface area contributed by atoms with Crippen molar-refractivity contribution in [2.75, 3.05) is 39.6 Å². The Hall–Kier alpha value is -6.10. The zero-order chi connectivity index (χ0) is 80.3. The molecule has 0 aromatic rings. The molecule has 0 aliphatic rings. The summed E-state index contributed by atoms with van der Waals surface area (Å²) in [5.41, 5.74) is 0. The molecule has 19 heteroatoms. The number of phosphoric acid groups is 2. The lowest BCUT2D eigenvalue weighted by molar-refractivity contribution is -0.161. The van der Waals surface area contributed by atoms with Gasteiger partial charge in [-0.15, -0.1) is 0 Å². The Bertz CT molecular complexity index is 2850. The summed E-state index contributed by atoms with van der Waals surface area (Å²) in [6.45, 7) is 4.50. The summed E-state index contributed by atoms with van der Waals surface area (Å²) in [6, 6.07) is 0. The van der Waals surface area contributed by atoms with Gasteiger partial charge in [0, 0.05) is 25.7 Å². The van der Waals surface area contributed by atoms with E-state index in [1.165, 1.54) is 77.0 Å². The second kappa shape index (κ2) is 80.9. The Morgan fingerprint density at radius 2 is 0.473 bits per heavy atom. The maximum absolute atomic E-state index is 13.1. The van der Waals surface area contributed by atoms with E-state index in [2.05, 4.69) is 174 Å². The first-order valence-electron chi connectivity index (χ1n) is 41.7. The quantitative estimate of drug-likeness (QED) is 0.0169. The highest BCUT2D eigenvalue weighted by molar-refractivity contribution is 7.47. The van der Waals surface area contributed by atoms with E-state index in [4.69, 9.17) is 37.0 Å². The summed E-state index contributed by atoms with van der Waals surface area (Å²) in [5.74, 6) is -2.47. The summed E-state index contributed by atoms with van der Waals surface area (Å²) in [6.07, 6.45) is 100. The number of phosphoric ester groups is 2. The van der Waals surface area contributed by atoms with Gasteiger partial charge in [0.15, 0.2) is 12.2 Å². The van der Waals surface area contributed by atoms with Crippen molar-refractivity contribution >= 4 is 39.5 Å². The van der Waals surface area contributed by atoms with Crippen LogP contribution in [0.25, 0.3) is 0 Å². The van der Waals surface area contributed by atoms with Crippen molar-refractivity contribution in [1.82, 2.24) is 0 Å². The number of ether oxygens (including phenoxy) is 4. The average molecular weight is 1570 g/mol. The van der Waals surface area contributed by atoms with Gasteiger partial charge in [-0.2, -0.15) is 0 Å². The molecule has 17 nitrogen and oxygen atoms in total. The van der Waals surface area contributed by atoms with Gasteiger partial charge in [0.25, 0.3) is 0 Å². The van der Waals surface area contributed by atoms with Crippen LogP contribution >= 0.6 is 15.6 Å². The monoisotopic (exact) mass is 1570 g/mol. The topological polar surface area (TPSA) is 237 Å². The number of aliphatic hydroxyl groups excluding tert-OH is 1. The number of hydrogen-bond acceptors (Lipinski definition) is 15. The molecule has 0 fully saturated rings. The Morgan fingerprint density at radius 1 is 0.255 bits per heavy atom. The van der Waals surface area contributed by atoms with Gasteiger partial charge in [-0.05, 0) is 173 Å². The van der Waals surface area contributed by atoms with Crippen molar-refractivity contribution in [1.29, 1.82) is 0 Å². The van der Waals surface area contributed by atoms with E-state index >= 15 is 0 Å². The number of carbonyl (C=O) groups is 4. The number of esters is 4. The van der Waals surface area contributed by atoms with Crippen LogP contribution in [0, 0.1) is 0 Å². The summed E-state index contributed by atoms with van der Waals surface area (Å²) >= 11 is 0. The fourth-order valence-corrected chi connectivity index (χ4v) is 11.7. The Morgan fingerprint density at radius 3 is 0.782 bits per heavy atom. The van der Waals surface area contributed by atoms with Crippen molar-refractivity contribution in [3.8, 4) is 0 Å². The number of hydrogen-bond donors (Lipinski definition) is 3. The summed E-state index contributed by atoms with van der Waals surface area (Å²) < 4.78 is 68.5. The number of carbonyl (C=O) groups excluding carboxylic acids is 4. The molecule has 2 unspecified atom stereocenters. The summed E-state index contributed by atoms with van der Waals surface area (Å²) in [7, 11) is -10.1. The number of allylic oxidation sites excluding steroid dienone is 32. The maximum Gasteiger partial charge on any atom is 0.472 e. The molecule has 0 heterocycles. The van der Waals surface area contributed by atoms with Crippen molar-refractivity contribution in [3.63, 3.8) is 0 Å². The first kappa shape index (κ1) is 104. The van der Waals surface area contributed by atoms with Crippen molar-refractivity contribution in [3.05, 3.63) is 194 Å². The molecule has 0 rings (SSSR count). The zero-order valence-corrected chi connectivity index (χ0v) is 69.9. The molecule has 0 aliphatic heterocycles.